The summed E-state index contributed by atoms with van der Waals surface area (Å²) in [7, 11) is 1.65. The number of Topliss-reactive ketones (excluding diaryl/α,β-unsaturated/α-hetero) is 1. The lowest BCUT2D eigenvalue weighted by atomic mass is 9.93. The van der Waals surface area contributed by atoms with Gasteiger partial charge >= 0.3 is 0 Å². The third-order valence-corrected chi connectivity index (χ3v) is 5.18. The van der Waals surface area contributed by atoms with Crippen LogP contribution in [0.3, 0.4) is 0 Å². The molecule has 5 nitrogen and oxygen atoms in total. The van der Waals surface area contributed by atoms with E-state index >= 15 is 0 Å². The van der Waals surface area contributed by atoms with Crippen molar-refractivity contribution < 1.29 is 9.53 Å². The average molecular weight is 382 g/mol. The van der Waals surface area contributed by atoms with E-state index in [9.17, 15) is 4.79 Å². The van der Waals surface area contributed by atoms with E-state index in [0.29, 0.717) is 11.0 Å². The summed E-state index contributed by atoms with van der Waals surface area (Å²) in [4.78, 5) is 17.3. The molecule has 0 unspecified atom stereocenters. The van der Waals surface area contributed by atoms with Crippen molar-refractivity contribution in [1.82, 2.24) is 15.2 Å². The van der Waals surface area contributed by atoms with E-state index in [1.807, 2.05) is 49.4 Å². The first kappa shape index (κ1) is 19.2. The molecule has 0 saturated heterocycles. The van der Waals surface area contributed by atoms with Crippen molar-refractivity contribution in [1.29, 1.82) is 0 Å². The lowest BCUT2D eigenvalue weighted by molar-refractivity contribution is 0.102. The fourth-order valence-electron chi connectivity index (χ4n) is 2.89. The molecule has 1 N–H and O–H groups in total. The van der Waals surface area contributed by atoms with Gasteiger partial charge in [0.2, 0.25) is 5.16 Å². The first-order valence-electron chi connectivity index (χ1n) is 8.82. The molecule has 0 aliphatic rings. The van der Waals surface area contributed by atoms with E-state index in [1.165, 1.54) is 11.8 Å². The normalized spacial score (nSPS) is 11.0. The lowest BCUT2D eigenvalue weighted by Crippen LogP contribution is -2.09. The Labute approximate surface area is 163 Å². The summed E-state index contributed by atoms with van der Waals surface area (Å²) in [6.07, 6.45) is 0. The maximum absolute atomic E-state index is 12.8. The van der Waals surface area contributed by atoms with Crippen LogP contribution < -0.4 is 4.74 Å². The minimum Gasteiger partial charge on any atom is -0.496 e. The van der Waals surface area contributed by atoms with Gasteiger partial charge in [-0.05, 0) is 36.1 Å². The number of H-pyrrole nitrogens is 1. The first-order valence-corrected chi connectivity index (χ1v) is 9.80. The Kier molecular flexibility index (Phi) is 5.96. The zero-order valence-electron chi connectivity index (χ0n) is 15.9. The minimum atomic E-state index is 0.0699. The fourth-order valence-corrected chi connectivity index (χ4v) is 3.57. The van der Waals surface area contributed by atoms with Crippen LogP contribution in [0.5, 0.6) is 5.75 Å². The van der Waals surface area contributed by atoms with Crippen LogP contribution in [0, 0.1) is 6.92 Å². The number of aromatic nitrogens is 3. The molecule has 1 aromatic heterocycles. The number of nitrogens with one attached hydrogen (secondary N) is 1. The van der Waals surface area contributed by atoms with Crippen molar-refractivity contribution in [2.75, 3.05) is 12.9 Å². The van der Waals surface area contributed by atoms with Gasteiger partial charge in [0.1, 0.15) is 5.75 Å². The second-order valence-electron chi connectivity index (χ2n) is 6.61. The molecule has 6 heteroatoms. The number of benzene rings is 2. The van der Waals surface area contributed by atoms with Crippen molar-refractivity contribution in [2.45, 2.75) is 31.8 Å². The highest BCUT2D eigenvalue weighted by Gasteiger charge is 2.18. The van der Waals surface area contributed by atoms with Crippen LogP contribution in [0.25, 0.3) is 11.4 Å². The molecular weight excluding hydrogens is 358 g/mol. The quantitative estimate of drug-likeness (QED) is 0.466. The van der Waals surface area contributed by atoms with Gasteiger partial charge in [0.15, 0.2) is 11.6 Å². The van der Waals surface area contributed by atoms with Crippen molar-refractivity contribution >= 4 is 17.5 Å². The molecule has 0 radical (unpaired) electrons. The van der Waals surface area contributed by atoms with Crippen LogP contribution in [0.2, 0.25) is 0 Å². The smallest absolute Gasteiger partial charge is 0.209 e. The zero-order valence-corrected chi connectivity index (χ0v) is 16.8. The van der Waals surface area contributed by atoms with Crippen LogP contribution in [-0.2, 0) is 0 Å². The number of carbonyl (C=O) groups is 1. The molecule has 27 heavy (non-hydrogen) atoms. The molecular formula is C21H23N3O2S. The predicted octanol–water partition coefficient (Wildman–Crippen LogP) is 4.89. The molecule has 2 aromatic carbocycles. The van der Waals surface area contributed by atoms with Crippen molar-refractivity contribution in [3.8, 4) is 17.1 Å². The summed E-state index contributed by atoms with van der Waals surface area (Å²) in [6, 6.07) is 13.7. The molecule has 0 fully saturated rings. The Bertz CT molecular complexity index is 936. The summed E-state index contributed by atoms with van der Waals surface area (Å²) >= 11 is 1.34. The van der Waals surface area contributed by atoms with Gasteiger partial charge in [0.25, 0.3) is 0 Å². The summed E-state index contributed by atoms with van der Waals surface area (Å²) in [6.45, 7) is 6.11. The highest BCUT2D eigenvalue weighted by Crippen LogP contribution is 2.29. The number of rotatable bonds is 7. The van der Waals surface area contributed by atoms with Crippen molar-refractivity contribution in [3.05, 3.63) is 59.2 Å². The van der Waals surface area contributed by atoms with E-state index in [-0.39, 0.29) is 17.5 Å². The molecule has 0 aliphatic carbocycles. The highest BCUT2D eigenvalue weighted by molar-refractivity contribution is 7.99. The number of hydrogen-bond acceptors (Lipinski definition) is 5. The second kappa shape index (κ2) is 8.39. The monoisotopic (exact) mass is 381 g/mol. The van der Waals surface area contributed by atoms with Gasteiger partial charge in [-0.3, -0.25) is 9.89 Å². The molecule has 0 saturated carbocycles. The molecule has 3 aromatic rings. The molecule has 3 rings (SSSR count). The van der Waals surface area contributed by atoms with Crippen molar-refractivity contribution in [3.63, 3.8) is 0 Å². The maximum atomic E-state index is 12.8. The Morgan fingerprint density at radius 3 is 2.63 bits per heavy atom. The fraction of sp³-hybridized carbons (Fsp3) is 0.286. The molecule has 1 heterocycles. The number of methoxy groups -OCH3 is 1. The van der Waals surface area contributed by atoms with Gasteiger partial charge in [-0.25, -0.2) is 4.98 Å². The average Bonchev–Trinajstić information content (AvgIpc) is 3.15. The summed E-state index contributed by atoms with van der Waals surface area (Å²) in [5.41, 5.74) is 3.67. The Morgan fingerprint density at radius 2 is 1.96 bits per heavy atom. The molecule has 0 spiro atoms. The number of nitrogens with zero attached hydrogens (tertiary/aromatic N) is 2. The van der Waals surface area contributed by atoms with E-state index < -0.39 is 0 Å². The summed E-state index contributed by atoms with van der Waals surface area (Å²) in [5.74, 6) is 2.10. The Morgan fingerprint density at radius 1 is 1.22 bits per heavy atom. The summed E-state index contributed by atoms with van der Waals surface area (Å²) < 4.78 is 5.40. The SMILES string of the molecule is COc1cc(C(C)C)c(C(=O)CSc2n[nH]c(-c3ccccc3)n2)cc1C. The zero-order chi connectivity index (χ0) is 19.4. The minimum absolute atomic E-state index is 0.0699. The maximum Gasteiger partial charge on any atom is 0.209 e. The van der Waals surface area contributed by atoms with Crippen LogP contribution in [0.1, 0.15) is 41.3 Å². The topological polar surface area (TPSA) is 67.9 Å². The van der Waals surface area contributed by atoms with Gasteiger partial charge in [0, 0.05) is 11.1 Å². The highest BCUT2D eigenvalue weighted by atomic mass is 32.2. The van der Waals surface area contributed by atoms with Crippen LogP contribution in [0.4, 0.5) is 0 Å². The van der Waals surface area contributed by atoms with Crippen LogP contribution >= 0.6 is 11.8 Å². The number of thioether (sulfide) groups is 1. The molecule has 0 atom stereocenters. The Hall–Kier alpha value is -2.60. The van der Waals surface area contributed by atoms with Crippen LogP contribution in [0.15, 0.2) is 47.6 Å². The number of ether oxygens (including phenoxy) is 1. The van der Waals surface area contributed by atoms with Gasteiger partial charge in [-0.15, -0.1) is 5.10 Å². The third-order valence-electron chi connectivity index (χ3n) is 4.33. The first-order chi connectivity index (χ1) is 13.0. The lowest BCUT2D eigenvalue weighted by Gasteiger charge is -2.15. The standard InChI is InChI=1S/C21H23N3O2S/c1-13(2)16-11-19(26-4)14(3)10-17(16)18(25)12-27-21-22-20(23-24-21)15-8-6-5-7-9-15/h5-11,13H,12H2,1-4H3,(H,22,23,24). The largest absolute Gasteiger partial charge is 0.496 e. The van der Waals surface area contributed by atoms with E-state index in [0.717, 1.165) is 28.0 Å². The Balaban J connectivity index is 1.75. The number of ketones is 1. The summed E-state index contributed by atoms with van der Waals surface area (Å²) in [5, 5.41) is 7.71. The van der Waals surface area contributed by atoms with Gasteiger partial charge in [-0.1, -0.05) is 55.9 Å². The van der Waals surface area contributed by atoms with Crippen molar-refractivity contribution in [2.24, 2.45) is 0 Å². The number of aromatic amines is 1. The number of hydrogen-bond donors (Lipinski definition) is 1. The van der Waals surface area contributed by atoms with E-state index in [4.69, 9.17) is 4.74 Å². The molecule has 140 valence electrons. The number of aryl methyl sites for hydroxylation is 1. The third kappa shape index (κ3) is 4.39. The molecule has 0 amide bonds. The van der Waals surface area contributed by atoms with Crippen LogP contribution in [-0.4, -0.2) is 33.8 Å². The van der Waals surface area contributed by atoms with E-state index in [1.54, 1.807) is 7.11 Å². The molecule has 0 bridgehead atoms. The second-order valence-corrected chi connectivity index (χ2v) is 7.55. The van der Waals surface area contributed by atoms with Gasteiger partial charge < -0.3 is 4.74 Å². The molecule has 0 aliphatic heterocycles. The van der Waals surface area contributed by atoms with Gasteiger partial charge in [-0.2, -0.15) is 0 Å². The van der Waals surface area contributed by atoms with Gasteiger partial charge in [0.05, 0.1) is 12.9 Å². The van der Waals surface area contributed by atoms with E-state index in [2.05, 4.69) is 29.0 Å². The number of carbonyl (C=O) groups excluding carboxylic acids is 1. The predicted molar refractivity (Wildman–Crippen MR) is 109 cm³/mol.